The van der Waals surface area contributed by atoms with E-state index in [1.807, 2.05) is 28.6 Å². The van der Waals surface area contributed by atoms with Gasteiger partial charge in [-0.3, -0.25) is 9.48 Å². The van der Waals surface area contributed by atoms with Crippen LogP contribution < -0.4 is 10.2 Å². The molecule has 1 unspecified atom stereocenters. The van der Waals surface area contributed by atoms with Crippen molar-refractivity contribution in [2.75, 3.05) is 19.0 Å². The Morgan fingerprint density at radius 3 is 2.57 bits per heavy atom. The fraction of sp³-hybridized carbons (Fsp3) is 0.385. The van der Waals surface area contributed by atoms with Crippen LogP contribution in [0.2, 0.25) is 0 Å². The molecule has 37 heavy (non-hydrogen) atoms. The zero-order chi connectivity index (χ0) is 26.6. The predicted octanol–water partition coefficient (Wildman–Crippen LogP) is 2.34. The Bertz CT molecular complexity index is 1260. The van der Waals surface area contributed by atoms with Crippen LogP contribution in [0, 0.1) is 0 Å². The van der Waals surface area contributed by atoms with Crippen molar-refractivity contribution in [3.8, 4) is 0 Å². The first-order valence-corrected chi connectivity index (χ1v) is 12.2. The SMILES string of the molecule is CC1CCc2c(ccc3c2nc(CCn2cccn2)n3CC=O)N1C.CNCc1ncccn1.O=CO. The third kappa shape index (κ3) is 6.98. The first-order valence-electron chi connectivity index (χ1n) is 12.2. The quantitative estimate of drug-likeness (QED) is 0.363. The van der Waals surface area contributed by atoms with Crippen molar-refractivity contribution in [2.45, 2.75) is 51.9 Å². The highest BCUT2D eigenvalue weighted by Gasteiger charge is 2.24. The summed E-state index contributed by atoms with van der Waals surface area (Å²) < 4.78 is 3.94. The maximum Gasteiger partial charge on any atom is 0.290 e. The van der Waals surface area contributed by atoms with Gasteiger partial charge in [0.05, 0.1) is 24.1 Å². The number of fused-ring (bicyclic) bond motifs is 3. The lowest BCUT2D eigenvalue weighted by Gasteiger charge is -2.33. The molecule has 0 saturated carbocycles. The van der Waals surface area contributed by atoms with Gasteiger partial charge in [-0.2, -0.15) is 5.10 Å². The van der Waals surface area contributed by atoms with Crippen molar-refractivity contribution in [1.82, 2.24) is 34.6 Å². The van der Waals surface area contributed by atoms with Gasteiger partial charge in [0, 0.05) is 62.1 Å². The molecule has 2 N–H and O–H groups in total. The molecular weight excluding hydrogens is 472 g/mol. The number of anilines is 1. The molecule has 11 heteroatoms. The fourth-order valence-corrected chi connectivity index (χ4v) is 4.34. The van der Waals surface area contributed by atoms with Crippen LogP contribution in [-0.4, -0.2) is 67.3 Å². The van der Waals surface area contributed by atoms with E-state index >= 15 is 0 Å². The maximum atomic E-state index is 11.2. The van der Waals surface area contributed by atoms with E-state index in [2.05, 4.69) is 51.4 Å². The van der Waals surface area contributed by atoms with Gasteiger partial charge in [0.1, 0.15) is 17.9 Å². The molecule has 0 aliphatic carbocycles. The minimum absolute atomic E-state index is 0.250. The van der Waals surface area contributed by atoms with Crippen LogP contribution in [0.4, 0.5) is 5.69 Å². The summed E-state index contributed by atoms with van der Waals surface area (Å²) >= 11 is 0. The van der Waals surface area contributed by atoms with E-state index in [0.29, 0.717) is 12.6 Å². The Balaban J connectivity index is 0.000000265. The topological polar surface area (TPSA) is 131 Å². The third-order valence-electron chi connectivity index (χ3n) is 6.27. The number of rotatable bonds is 7. The van der Waals surface area contributed by atoms with Crippen LogP contribution in [0.1, 0.15) is 30.6 Å². The summed E-state index contributed by atoms with van der Waals surface area (Å²) in [6, 6.07) is 8.55. The zero-order valence-corrected chi connectivity index (χ0v) is 21.5. The number of carbonyl (C=O) groups excluding carboxylic acids is 1. The van der Waals surface area contributed by atoms with Gasteiger partial charge in [0.15, 0.2) is 0 Å². The molecule has 1 aliphatic heterocycles. The summed E-state index contributed by atoms with van der Waals surface area (Å²) in [5.41, 5.74) is 4.68. The number of nitrogens with zero attached hydrogens (tertiary/aromatic N) is 7. The lowest BCUT2D eigenvalue weighted by atomic mass is 9.96. The number of benzene rings is 1. The van der Waals surface area contributed by atoms with Gasteiger partial charge in [0.2, 0.25) is 0 Å². The van der Waals surface area contributed by atoms with E-state index in [9.17, 15) is 4.79 Å². The maximum absolute atomic E-state index is 11.2. The summed E-state index contributed by atoms with van der Waals surface area (Å²) in [6.07, 6.45) is 11.1. The molecule has 11 nitrogen and oxygen atoms in total. The smallest absolute Gasteiger partial charge is 0.290 e. The fourth-order valence-electron chi connectivity index (χ4n) is 4.34. The summed E-state index contributed by atoms with van der Waals surface area (Å²) in [5, 5.41) is 14.1. The summed E-state index contributed by atoms with van der Waals surface area (Å²) in [4.78, 5) is 34.8. The molecule has 0 fully saturated rings. The normalized spacial score (nSPS) is 14.1. The van der Waals surface area contributed by atoms with Crippen LogP contribution in [-0.2, 0) is 42.1 Å². The molecule has 1 aliphatic rings. The van der Waals surface area contributed by atoms with Crippen molar-refractivity contribution in [3.63, 3.8) is 0 Å². The number of imidazole rings is 1. The first-order chi connectivity index (χ1) is 18.0. The molecule has 0 radical (unpaired) electrons. The number of carboxylic acid groups (broad SMARTS) is 1. The second-order valence-corrected chi connectivity index (χ2v) is 8.55. The summed E-state index contributed by atoms with van der Waals surface area (Å²) in [5.74, 6) is 1.78. The summed E-state index contributed by atoms with van der Waals surface area (Å²) in [6.45, 7) is 3.85. The van der Waals surface area contributed by atoms with Gasteiger partial charge >= 0.3 is 0 Å². The van der Waals surface area contributed by atoms with Gasteiger partial charge in [-0.15, -0.1) is 0 Å². The molecule has 4 heterocycles. The average Bonchev–Trinajstić information content (AvgIpc) is 3.55. The van der Waals surface area contributed by atoms with E-state index in [4.69, 9.17) is 14.9 Å². The molecule has 0 saturated heterocycles. The molecule has 0 bridgehead atoms. The number of carbonyl (C=O) groups is 2. The number of hydrogen-bond donors (Lipinski definition) is 2. The minimum atomic E-state index is -0.250. The van der Waals surface area contributed by atoms with Crippen LogP contribution in [0.25, 0.3) is 11.0 Å². The van der Waals surface area contributed by atoms with Crippen LogP contribution in [0.5, 0.6) is 0 Å². The lowest BCUT2D eigenvalue weighted by molar-refractivity contribution is -0.122. The highest BCUT2D eigenvalue weighted by atomic mass is 16.3. The number of hydrogen-bond acceptors (Lipinski definition) is 8. The molecule has 4 aromatic rings. The van der Waals surface area contributed by atoms with Crippen molar-refractivity contribution in [3.05, 3.63) is 66.3 Å². The molecule has 196 valence electrons. The second kappa shape index (κ2) is 13.8. The summed E-state index contributed by atoms with van der Waals surface area (Å²) in [7, 11) is 4.02. The van der Waals surface area contributed by atoms with Crippen molar-refractivity contribution >= 4 is 29.5 Å². The number of nitrogens with one attached hydrogen (secondary N) is 1. The van der Waals surface area contributed by atoms with Crippen LogP contribution in [0.3, 0.4) is 0 Å². The van der Waals surface area contributed by atoms with Gasteiger partial charge in [-0.1, -0.05) is 0 Å². The molecule has 0 amide bonds. The predicted molar refractivity (Wildman–Crippen MR) is 141 cm³/mol. The van der Waals surface area contributed by atoms with Crippen molar-refractivity contribution in [1.29, 1.82) is 0 Å². The van der Waals surface area contributed by atoms with E-state index < -0.39 is 0 Å². The number of aldehydes is 1. The van der Waals surface area contributed by atoms with Crippen LogP contribution >= 0.6 is 0 Å². The van der Waals surface area contributed by atoms with Gasteiger partial charge in [-0.25, -0.2) is 15.0 Å². The van der Waals surface area contributed by atoms with Crippen molar-refractivity contribution in [2.24, 2.45) is 0 Å². The Hall–Kier alpha value is -4.12. The van der Waals surface area contributed by atoms with E-state index in [1.165, 1.54) is 11.3 Å². The lowest BCUT2D eigenvalue weighted by Crippen LogP contribution is -2.33. The highest BCUT2D eigenvalue weighted by Crippen LogP contribution is 2.35. The molecular formula is C26H34N8O3. The molecule has 1 aromatic carbocycles. The Morgan fingerprint density at radius 2 is 1.92 bits per heavy atom. The zero-order valence-electron chi connectivity index (χ0n) is 21.5. The third-order valence-corrected chi connectivity index (χ3v) is 6.27. The molecule has 3 aromatic heterocycles. The van der Waals surface area contributed by atoms with Crippen molar-refractivity contribution < 1.29 is 14.7 Å². The Kier molecular flexibility index (Phi) is 10.3. The molecule has 5 rings (SSSR count). The van der Waals surface area contributed by atoms with Gasteiger partial charge in [0.25, 0.3) is 6.47 Å². The monoisotopic (exact) mass is 506 g/mol. The van der Waals surface area contributed by atoms with E-state index in [1.54, 1.807) is 24.7 Å². The second-order valence-electron chi connectivity index (χ2n) is 8.55. The highest BCUT2D eigenvalue weighted by molar-refractivity contribution is 5.86. The molecule has 0 spiro atoms. The minimum Gasteiger partial charge on any atom is -0.483 e. The first kappa shape index (κ1) is 27.5. The van der Waals surface area contributed by atoms with Crippen LogP contribution in [0.15, 0.2) is 49.1 Å². The Labute approximate surface area is 216 Å². The van der Waals surface area contributed by atoms with Gasteiger partial charge < -0.3 is 24.7 Å². The number of aryl methyl sites for hydroxylation is 3. The Morgan fingerprint density at radius 1 is 1.16 bits per heavy atom. The number of aromatic nitrogens is 6. The van der Waals surface area contributed by atoms with Gasteiger partial charge in [-0.05, 0) is 51.1 Å². The molecule has 1 atom stereocenters. The van der Waals surface area contributed by atoms with E-state index in [0.717, 1.165) is 61.3 Å². The largest absolute Gasteiger partial charge is 0.483 e. The van der Waals surface area contributed by atoms with E-state index in [-0.39, 0.29) is 6.47 Å². The standard InChI is InChI=1S/C19H23N5O.C6H9N3.CH2O2/c1-14-4-5-15-16(22(14)2)6-7-17-19(15)21-18(24(17)12-13-25)8-11-23-10-3-9-20-23;1-7-5-6-8-3-2-4-9-6;2-1-3/h3,6-7,9-10,13-14H,4-5,8,11-12H2,1-2H3;2-4,7H,5H2,1H3;1H,(H,2,3). The average molecular weight is 507 g/mol.